The zero-order valence-electron chi connectivity index (χ0n) is 11.9. The van der Waals surface area contributed by atoms with Gasteiger partial charge in [-0.1, -0.05) is 22.0 Å². The minimum absolute atomic E-state index is 0.354. The fourth-order valence-electron chi connectivity index (χ4n) is 2.46. The van der Waals surface area contributed by atoms with Crippen LogP contribution in [0.15, 0.2) is 22.7 Å². The Morgan fingerprint density at radius 2 is 2.32 bits per heavy atom. The molecule has 0 radical (unpaired) electrons. The summed E-state index contributed by atoms with van der Waals surface area (Å²) in [5, 5.41) is 3.27. The van der Waals surface area contributed by atoms with Crippen LogP contribution in [0.5, 0.6) is 0 Å². The van der Waals surface area contributed by atoms with Gasteiger partial charge >= 0.3 is 0 Å². The highest BCUT2D eigenvalue weighted by Gasteiger charge is 2.18. The van der Waals surface area contributed by atoms with E-state index in [-0.39, 0.29) is 0 Å². The van der Waals surface area contributed by atoms with Crippen LogP contribution in [-0.4, -0.2) is 33.4 Å². The Kier molecular flexibility index (Phi) is 5.25. The number of hydrogen-bond donors (Lipinski definition) is 1. The summed E-state index contributed by atoms with van der Waals surface area (Å²) < 4.78 is 6.85. The molecular formula is C15H23BrN2O. The van der Waals surface area contributed by atoms with Crippen LogP contribution in [0.3, 0.4) is 0 Å². The lowest BCUT2D eigenvalue weighted by Crippen LogP contribution is -2.28. The van der Waals surface area contributed by atoms with Crippen molar-refractivity contribution in [2.24, 2.45) is 0 Å². The van der Waals surface area contributed by atoms with Crippen molar-refractivity contribution >= 4 is 21.6 Å². The molecule has 1 aromatic rings. The maximum absolute atomic E-state index is 5.69. The molecule has 1 aliphatic heterocycles. The number of nitrogens with zero attached hydrogens (tertiary/aromatic N) is 1. The third-order valence-electron chi connectivity index (χ3n) is 3.83. The smallest absolute Gasteiger partial charge is 0.0750 e. The van der Waals surface area contributed by atoms with Crippen molar-refractivity contribution < 1.29 is 4.74 Å². The minimum Gasteiger partial charge on any atom is -0.376 e. The monoisotopic (exact) mass is 326 g/mol. The van der Waals surface area contributed by atoms with Crippen molar-refractivity contribution in [3.63, 3.8) is 0 Å². The van der Waals surface area contributed by atoms with Gasteiger partial charge in [0.1, 0.15) is 0 Å². The van der Waals surface area contributed by atoms with Crippen LogP contribution >= 0.6 is 15.9 Å². The van der Waals surface area contributed by atoms with Crippen LogP contribution in [0.2, 0.25) is 0 Å². The van der Waals surface area contributed by atoms with E-state index in [1.165, 1.54) is 24.1 Å². The Morgan fingerprint density at radius 3 is 2.89 bits per heavy atom. The Hall–Kier alpha value is -0.580. The van der Waals surface area contributed by atoms with Gasteiger partial charge in [0, 0.05) is 36.4 Å². The van der Waals surface area contributed by atoms with Gasteiger partial charge in [0.05, 0.1) is 6.10 Å². The van der Waals surface area contributed by atoms with Gasteiger partial charge in [0.2, 0.25) is 0 Å². The first-order valence-electron chi connectivity index (χ1n) is 6.91. The number of halogens is 1. The Bertz CT molecular complexity index is 419. The molecule has 4 heteroatoms. The van der Waals surface area contributed by atoms with Gasteiger partial charge in [-0.3, -0.25) is 0 Å². The Balaban J connectivity index is 2.05. The van der Waals surface area contributed by atoms with Gasteiger partial charge in [-0.25, -0.2) is 0 Å². The molecule has 2 rings (SSSR count). The molecule has 1 N–H and O–H groups in total. The van der Waals surface area contributed by atoms with Crippen LogP contribution in [0.25, 0.3) is 0 Å². The standard InChI is InChI=1S/C15H23BrN2O/c1-11(17-2)14-7-6-12(9-15(14)16)18(3)10-13-5-4-8-19-13/h6-7,9,11,13,17H,4-5,8,10H2,1-3H3. The van der Waals surface area contributed by atoms with Crippen molar-refractivity contribution in [3.05, 3.63) is 28.2 Å². The Morgan fingerprint density at radius 1 is 1.53 bits per heavy atom. The maximum Gasteiger partial charge on any atom is 0.0750 e. The molecule has 19 heavy (non-hydrogen) atoms. The predicted molar refractivity (Wildman–Crippen MR) is 83.9 cm³/mol. The number of rotatable bonds is 5. The van der Waals surface area contributed by atoms with Crippen molar-refractivity contribution in [2.45, 2.75) is 31.9 Å². The fraction of sp³-hybridized carbons (Fsp3) is 0.600. The largest absolute Gasteiger partial charge is 0.376 e. The summed E-state index contributed by atoms with van der Waals surface area (Å²) in [6, 6.07) is 6.92. The van der Waals surface area contributed by atoms with E-state index >= 15 is 0 Å². The molecule has 1 fully saturated rings. The lowest BCUT2D eigenvalue weighted by molar-refractivity contribution is 0.116. The number of ether oxygens (including phenoxy) is 1. The fourth-order valence-corrected chi connectivity index (χ4v) is 3.17. The second kappa shape index (κ2) is 6.73. The molecule has 1 aliphatic rings. The SMILES string of the molecule is CNC(C)c1ccc(N(C)CC2CCCO2)cc1Br. The second-order valence-electron chi connectivity index (χ2n) is 5.23. The number of hydrogen-bond acceptors (Lipinski definition) is 3. The van der Waals surface area contributed by atoms with Gasteiger partial charge in [-0.2, -0.15) is 0 Å². The van der Waals surface area contributed by atoms with E-state index in [1.807, 2.05) is 7.05 Å². The van der Waals surface area contributed by atoms with Gasteiger partial charge < -0.3 is 15.0 Å². The predicted octanol–water partition coefficient (Wildman–Crippen LogP) is 3.34. The van der Waals surface area contributed by atoms with Crippen LogP contribution in [0, 0.1) is 0 Å². The first-order chi connectivity index (χ1) is 9.11. The second-order valence-corrected chi connectivity index (χ2v) is 6.09. The average Bonchev–Trinajstić information content (AvgIpc) is 2.90. The lowest BCUT2D eigenvalue weighted by atomic mass is 10.1. The first-order valence-corrected chi connectivity index (χ1v) is 7.70. The Labute approximate surface area is 124 Å². The summed E-state index contributed by atoms with van der Waals surface area (Å²) in [7, 11) is 4.11. The molecule has 0 aliphatic carbocycles. The molecule has 2 atom stereocenters. The lowest BCUT2D eigenvalue weighted by Gasteiger charge is -2.24. The van der Waals surface area contributed by atoms with E-state index in [2.05, 4.69) is 58.3 Å². The average molecular weight is 327 g/mol. The number of nitrogens with one attached hydrogen (secondary N) is 1. The molecule has 0 aromatic heterocycles. The summed E-state index contributed by atoms with van der Waals surface area (Å²) in [4.78, 5) is 2.27. The van der Waals surface area contributed by atoms with Crippen LogP contribution in [0.4, 0.5) is 5.69 Å². The highest BCUT2D eigenvalue weighted by atomic mass is 79.9. The van der Waals surface area contributed by atoms with E-state index in [0.717, 1.165) is 17.6 Å². The van der Waals surface area contributed by atoms with Crippen LogP contribution < -0.4 is 10.2 Å². The maximum atomic E-state index is 5.69. The van der Waals surface area contributed by atoms with Gasteiger partial charge in [-0.15, -0.1) is 0 Å². The van der Waals surface area contributed by atoms with Crippen LogP contribution in [0.1, 0.15) is 31.4 Å². The third kappa shape index (κ3) is 3.71. The highest BCUT2D eigenvalue weighted by Crippen LogP contribution is 2.28. The van der Waals surface area contributed by atoms with Gasteiger partial charge in [0.25, 0.3) is 0 Å². The van der Waals surface area contributed by atoms with Gasteiger partial charge in [-0.05, 0) is 44.5 Å². The summed E-state index contributed by atoms with van der Waals surface area (Å²) >= 11 is 3.67. The summed E-state index contributed by atoms with van der Waals surface area (Å²) in [5.41, 5.74) is 2.52. The quantitative estimate of drug-likeness (QED) is 0.898. The molecule has 1 saturated heterocycles. The van der Waals surface area contributed by atoms with E-state index in [9.17, 15) is 0 Å². The molecule has 1 aromatic carbocycles. The number of anilines is 1. The minimum atomic E-state index is 0.354. The summed E-state index contributed by atoms with van der Waals surface area (Å²) in [6.07, 6.45) is 2.76. The molecule has 3 nitrogen and oxygen atoms in total. The van der Waals surface area contributed by atoms with Crippen molar-refractivity contribution in [1.82, 2.24) is 5.32 Å². The van der Waals surface area contributed by atoms with Crippen LogP contribution in [-0.2, 0) is 4.74 Å². The molecule has 0 amide bonds. The van der Waals surface area contributed by atoms with E-state index in [0.29, 0.717) is 12.1 Å². The van der Waals surface area contributed by atoms with Crippen molar-refractivity contribution in [1.29, 1.82) is 0 Å². The van der Waals surface area contributed by atoms with Crippen molar-refractivity contribution in [2.75, 3.05) is 32.1 Å². The molecule has 1 heterocycles. The van der Waals surface area contributed by atoms with Crippen molar-refractivity contribution in [3.8, 4) is 0 Å². The van der Waals surface area contributed by atoms with Gasteiger partial charge in [0.15, 0.2) is 0 Å². The third-order valence-corrected chi connectivity index (χ3v) is 4.51. The molecule has 0 saturated carbocycles. The summed E-state index contributed by atoms with van der Waals surface area (Å²) in [5.74, 6) is 0. The molecule has 0 bridgehead atoms. The molecule has 2 unspecified atom stereocenters. The van der Waals surface area contributed by atoms with E-state index in [4.69, 9.17) is 4.74 Å². The van der Waals surface area contributed by atoms with E-state index < -0.39 is 0 Å². The van der Waals surface area contributed by atoms with E-state index in [1.54, 1.807) is 0 Å². The summed E-state index contributed by atoms with van der Waals surface area (Å²) in [6.45, 7) is 4.05. The number of likely N-dealkylation sites (N-methyl/N-ethyl adjacent to an activating group) is 1. The zero-order chi connectivity index (χ0) is 13.8. The molecular weight excluding hydrogens is 304 g/mol. The molecule has 106 valence electrons. The number of benzene rings is 1. The zero-order valence-corrected chi connectivity index (χ0v) is 13.5. The topological polar surface area (TPSA) is 24.5 Å². The molecule has 0 spiro atoms. The normalized spacial score (nSPS) is 20.5. The highest BCUT2D eigenvalue weighted by molar-refractivity contribution is 9.10. The first kappa shape index (κ1) is 14.8.